The van der Waals surface area contributed by atoms with Gasteiger partial charge in [0, 0.05) is 25.6 Å². The fourth-order valence-electron chi connectivity index (χ4n) is 2.10. The van der Waals surface area contributed by atoms with E-state index in [1.807, 2.05) is 0 Å². The molecule has 1 saturated heterocycles. The van der Waals surface area contributed by atoms with Crippen molar-refractivity contribution in [2.24, 2.45) is 0 Å². The van der Waals surface area contributed by atoms with Crippen LogP contribution in [0.25, 0.3) is 0 Å². The van der Waals surface area contributed by atoms with Crippen molar-refractivity contribution in [3.05, 3.63) is 0 Å². The summed E-state index contributed by atoms with van der Waals surface area (Å²) in [5.41, 5.74) is 0. The highest BCUT2D eigenvalue weighted by molar-refractivity contribution is 5.85. The van der Waals surface area contributed by atoms with Gasteiger partial charge in [0.25, 0.3) is 0 Å². The maximum atomic E-state index is 11.8. The van der Waals surface area contributed by atoms with Crippen LogP contribution in [0.5, 0.6) is 0 Å². The Morgan fingerprint density at radius 2 is 2.12 bits per heavy atom. The van der Waals surface area contributed by atoms with E-state index in [2.05, 4.69) is 10.6 Å². The summed E-state index contributed by atoms with van der Waals surface area (Å²) in [4.78, 5) is 24.9. The molecule has 17 heavy (non-hydrogen) atoms. The van der Waals surface area contributed by atoms with Crippen molar-refractivity contribution in [3.63, 3.8) is 0 Å². The monoisotopic (exact) mass is 239 g/mol. The molecular formula is C12H21N3O2. The molecule has 0 spiro atoms. The molecule has 1 aliphatic heterocycles. The minimum Gasteiger partial charge on any atom is -0.352 e. The van der Waals surface area contributed by atoms with Crippen molar-refractivity contribution in [3.8, 4) is 0 Å². The topological polar surface area (TPSA) is 61.4 Å². The zero-order chi connectivity index (χ0) is 12.3. The number of carbonyl (C=O) groups is 2. The lowest BCUT2D eigenvalue weighted by atomic mass is 10.1. The van der Waals surface area contributed by atoms with Gasteiger partial charge < -0.3 is 15.5 Å². The summed E-state index contributed by atoms with van der Waals surface area (Å²) in [6, 6.07) is 0.666. The molecule has 2 rings (SSSR count). The molecule has 0 aromatic carbocycles. The Bertz CT molecular complexity index is 296. The Morgan fingerprint density at radius 3 is 2.71 bits per heavy atom. The molecule has 5 nitrogen and oxygen atoms in total. The van der Waals surface area contributed by atoms with Gasteiger partial charge in [0.05, 0.1) is 6.54 Å². The molecule has 1 atom stereocenters. The van der Waals surface area contributed by atoms with Gasteiger partial charge in [0.2, 0.25) is 11.8 Å². The fraction of sp³-hybridized carbons (Fsp3) is 0.833. The zero-order valence-electron chi connectivity index (χ0n) is 10.4. The predicted molar refractivity (Wildman–Crippen MR) is 64.4 cm³/mol. The van der Waals surface area contributed by atoms with Crippen LogP contribution < -0.4 is 10.6 Å². The number of rotatable bonds is 5. The van der Waals surface area contributed by atoms with Crippen LogP contribution in [-0.4, -0.2) is 48.9 Å². The predicted octanol–water partition coefficient (Wildman–Crippen LogP) is -0.134. The van der Waals surface area contributed by atoms with Gasteiger partial charge in [-0.05, 0) is 32.2 Å². The van der Waals surface area contributed by atoms with Gasteiger partial charge in [-0.2, -0.15) is 0 Å². The maximum Gasteiger partial charge on any atom is 0.239 e. The molecule has 0 aromatic heterocycles. The second kappa shape index (κ2) is 5.49. The number of hydrogen-bond donors (Lipinski definition) is 2. The van der Waals surface area contributed by atoms with E-state index in [-0.39, 0.29) is 18.4 Å². The molecule has 2 fully saturated rings. The van der Waals surface area contributed by atoms with E-state index in [1.165, 1.54) is 4.90 Å². The molecule has 1 heterocycles. The number of likely N-dealkylation sites (N-methyl/N-ethyl adjacent to an activating group) is 1. The van der Waals surface area contributed by atoms with Gasteiger partial charge in [-0.15, -0.1) is 0 Å². The van der Waals surface area contributed by atoms with Crippen molar-refractivity contribution >= 4 is 11.8 Å². The van der Waals surface area contributed by atoms with Gasteiger partial charge in [-0.25, -0.2) is 0 Å². The molecule has 1 saturated carbocycles. The quantitative estimate of drug-likeness (QED) is 0.702. The molecule has 0 bridgehead atoms. The molecule has 2 N–H and O–H groups in total. The summed E-state index contributed by atoms with van der Waals surface area (Å²) >= 11 is 0. The summed E-state index contributed by atoms with van der Waals surface area (Å²) in [6.45, 7) is 1.19. The normalized spacial score (nSPS) is 23.5. The SMILES string of the molecule is CN(CC(=O)NC1CC1)C(=O)CC1CCCN1. The lowest BCUT2D eigenvalue weighted by molar-refractivity contribution is -0.135. The second-order valence-corrected chi connectivity index (χ2v) is 5.09. The highest BCUT2D eigenvalue weighted by Gasteiger charge is 2.25. The number of nitrogens with zero attached hydrogens (tertiary/aromatic N) is 1. The van der Waals surface area contributed by atoms with Gasteiger partial charge in [0.1, 0.15) is 0 Å². The van der Waals surface area contributed by atoms with Crippen LogP contribution in [0.2, 0.25) is 0 Å². The summed E-state index contributed by atoms with van der Waals surface area (Å²) < 4.78 is 0. The third kappa shape index (κ3) is 4.00. The third-order valence-electron chi connectivity index (χ3n) is 3.33. The van der Waals surface area contributed by atoms with E-state index < -0.39 is 0 Å². The van der Waals surface area contributed by atoms with Crippen LogP contribution in [0.15, 0.2) is 0 Å². The Morgan fingerprint density at radius 1 is 1.35 bits per heavy atom. The minimum atomic E-state index is -0.0391. The first kappa shape index (κ1) is 12.4. The second-order valence-electron chi connectivity index (χ2n) is 5.09. The van der Waals surface area contributed by atoms with Crippen molar-refractivity contribution < 1.29 is 9.59 Å². The van der Waals surface area contributed by atoms with Crippen molar-refractivity contribution in [1.82, 2.24) is 15.5 Å². The van der Waals surface area contributed by atoms with Gasteiger partial charge in [-0.3, -0.25) is 9.59 Å². The van der Waals surface area contributed by atoms with E-state index in [4.69, 9.17) is 0 Å². The lowest BCUT2D eigenvalue weighted by Crippen LogP contribution is -2.41. The molecule has 0 aromatic rings. The van der Waals surface area contributed by atoms with E-state index in [9.17, 15) is 9.59 Å². The molecule has 1 unspecified atom stereocenters. The van der Waals surface area contributed by atoms with E-state index >= 15 is 0 Å². The van der Waals surface area contributed by atoms with Crippen LogP contribution >= 0.6 is 0 Å². The first-order chi connectivity index (χ1) is 8.15. The van der Waals surface area contributed by atoms with Gasteiger partial charge in [-0.1, -0.05) is 0 Å². The summed E-state index contributed by atoms with van der Waals surface area (Å²) in [5, 5.41) is 6.17. The van der Waals surface area contributed by atoms with Crippen molar-refractivity contribution in [2.75, 3.05) is 20.1 Å². The molecule has 2 amide bonds. The van der Waals surface area contributed by atoms with Crippen molar-refractivity contribution in [1.29, 1.82) is 0 Å². The lowest BCUT2D eigenvalue weighted by Gasteiger charge is -2.19. The Kier molecular flexibility index (Phi) is 3.99. The molecule has 0 radical (unpaired) electrons. The summed E-state index contributed by atoms with van der Waals surface area (Å²) in [6.07, 6.45) is 4.87. The van der Waals surface area contributed by atoms with E-state index in [1.54, 1.807) is 7.05 Å². The zero-order valence-corrected chi connectivity index (χ0v) is 10.4. The fourth-order valence-corrected chi connectivity index (χ4v) is 2.10. The van der Waals surface area contributed by atoms with Crippen LogP contribution in [-0.2, 0) is 9.59 Å². The first-order valence-corrected chi connectivity index (χ1v) is 6.42. The number of nitrogens with one attached hydrogen (secondary N) is 2. The Hall–Kier alpha value is -1.10. The summed E-state index contributed by atoms with van der Waals surface area (Å²) in [7, 11) is 1.70. The number of amides is 2. The molecule has 5 heteroatoms. The smallest absolute Gasteiger partial charge is 0.239 e. The summed E-state index contributed by atoms with van der Waals surface area (Å²) in [5.74, 6) is 0.0121. The third-order valence-corrected chi connectivity index (χ3v) is 3.33. The first-order valence-electron chi connectivity index (χ1n) is 6.42. The average Bonchev–Trinajstić information content (AvgIpc) is 2.93. The van der Waals surface area contributed by atoms with E-state index in [0.717, 1.165) is 32.2 Å². The Balaban J connectivity index is 1.67. The molecule has 2 aliphatic rings. The van der Waals surface area contributed by atoms with Crippen LogP contribution in [0.4, 0.5) is 0 Å². The van der Waals surface area contributed by atoms with Crippen LogP contribution in [0, 0.1) is 0 Å². The maximum absolute atomic E-state index is 11.8. The Labute approximate surface area is 102 Å². The number of carbonyl (C=O) groups excluding carboxylic acids is 2. The van der Waals surface area contributed by atoms with Gasteiger partial charge >= 0.3 is 0 Å². The molecular weight excluding hydrogens is 218 g/mol. The highest BCUT2D eigenvalue weighted by Crippen LogP contribution is 2.18. The molecule has 1 aliphatic carbocycles. The highest BCUT2D eigenvalue weighted by atomic mass is 16.2. The van der Waals surface area contributed by atoms with Crippen LogP contribution in [0.3, 0.4) is 0 Å². The van der Waals surface area contributed by atoms with Crippen LogP contribution in [0.1, 0.15) is 32.1 Å². The molecule has 96 valence electrons. The number of hydrogen-bond acceptors (Lipinski definition) is 3. The average molecular weight is 239 g/mol. The standard InChI is InChI=1S/C12H21N3O2/c1-15(8-11(16)14-9-4-5-9)12(17)7-10-3-2-6-13-10/h9-10,13H,2-8H2,1H3,(H,14,16). The van der Waals surface area contributed by atoms with Crippen molar-refractivity contribution in [2.45, 2.75) is 44.2 Å². The largest absolute Gasteiger partial charge is 0.352 e. The minimum absolute atomic E-state index is 0.0391. The van der Waals surface area contributed by atoms with E-state index in [0.29, 0.717) is 18.5 Å². The van der Waals surface area contributed by atoms with Gasteiger partial charge in [0.15, 0.2) is 0 Å².